The number of hydrogen-bond donors (Lipinski definition) is 4. The Morgan fingerprint density at radius 1 is 1.45 bits per heavy atom. The van der Waals surface area contributed by atoms with E-state index in [9.17, 15) is 9.59 Å². The molecule has 0 aliphatic rings. The van der Waals surface area contributed by atoms with Crippen molar-refractivity contribution in [1.82, 2.24) is 10.3 Å². The predicted octanol–water partition coefficient (Wildman–Crippen LogP) is 1.00. The lowest BCUT2D eigenvalue weighted by molar-refractivity contribution is -0.138. The zero-order valence-corrected chi connectivity index (χ0v) is 12.1. The highest BCUT2D eigenvalue weighted by Gasteiger charge is 2.16. The molecule has 106 valence electrons. The standard InChI is InChI=1S/C13H14BrN3O3/c14-8-1-2-11-9(4-8)7(5-16-11)3-10(15)13(20)17-6-12(18)19/h1-2,4-5,10,16H,3,6,15H2,(H,17,20)(H,18,19)/t10-/m0/s1. The summed E-state index contributed by atoms with van der Waals surface area (Å²) in [5.41, 5.74) is 7.67. The van der Waals surface area contributed by atoms with Crippen LogP contribution in [0.2, 0.25) is 0 Å². The van der Waals surface area contributed by atoms with Crippen LogP contribution in [0.15, 0.2) is 28.9 Å². The number of aromatic amines is 1. The Balaban J connectivity index is 2.09. The Morgan fingerprint density at radius 3 is 2.90 bits per heavy atom. The highest BCUT2D eigenvalue weighted by Crippen LogP contribution is 2.23. The lowest BCUT2D eigenvalue weighted by Crippen LogP contribution is -2.43. The molecule has 2 aromatic rings. The SMILES string of the molecule is N[C@@H](Cc1c[nH]c2ccc(Br)cc12)C(=O)NCC(=O)O. The third-order valence-corrected chi connectivity index (χ3v) is 3.41. The number of nitrogens with one attached hydrogen (secondary N) is 2. The van der Waals surface area contributed by atoms with Crippen LogP contribution in [-0.2, 0) is 16.0 Å². The van der Waals surface area contributed by atoms with Crippen molar-refractivity contribution in [3.05, 3.63) is 34.4 Å². The maximum absolute atomic E-state index is 11.7. The van der Waals surface area contributed by atoms with Gasteiger partial charge in [0, 0.05) is 21.6 Å². The van der Waals surface area contributed by atoms with Crippen LogP contribution in [0.25, 0.3) is 10.9 Å². The molecule has 0 spiro atoms. The van der Waals surface area contributed by atoms with Crippen LogP contribution in [-0.4, -0.2) is 34.6 Å². The number of halogens is 1. The molecule has 6 nitrogen and oxygen atoms in total. The lowest BCUT2D eigenvalue weighted by Gasteiger charge is -2.10. The first-order valence-corrected chi connectivity index (χ1v) is 6.77. The lowest BCUT2D eigenvalue weighted by atomic mass is 10.1. The van der Waals surface area contributed by atoms with E-state index in [1.54, 1.807) is 6.20 Å². The van der Waals surface area contributed by atoms with E-state index in [4.69, 9.17) is 10.8 Å². The summed E-state index contributed by atoms with van der Waals surface area (Å²) in [4.78, 5) is 25.2. The molecular weight excluding hydrogens is 326 g/mol. The maximum Gasteiger partial charge on any atom is 0.322 e. The molecule has 1 aromatic heterocycles. The van der Waals surface area contributed by atoms with Crippen molar-refractivity contribution in [3.63, 3.8) is 0 Å². The quantitative estimate of drug-likeness (QED) is 0.651. The van der Waals surface area contributed by atoms with Crippen LogP contribution in [0.4, 0.5) is 0 Å². The molecule has 0 aliphatic heterocycles. The molecule has 0 saturated heterocycles. The second-order valence-corrected chi connectivity index (χ2v) is 5.34. The Kier molecular flexibility index (Phi) is 4.41. The maximum atomic E-state index is 11.7. The molecule has 1 atom stereocenters. The number of amides is 1. The third kappa shape index (κ3) is 3.37. The number of hydrogen-bond acceptors (Lipinski definition) is 3. The summed E-state index contributed by atoms with van der Waals surface area (Å²) in [5.74, 6) is -1.57. The number of aliphatic carboxylic acids is 1. The summed E-state index contributed by atoms with van der Waals surface area (Å²) in [6, 6.07) is 5.01. The minimum Gasteiger partial charge on any atom is -0.480 e. The van der Waals surface area contributed by atoms with E-state index in [-0.39, 0.29) is 0 Å². The number of carbonyl (C=O) groups excluding carboxylic acids is 1. The number of nitrogens with two attached hydrogens (primary N) is 1. The molecule has 2 rings (SSSR count). The highest BCUT2D eigenvalue weighted by atomic mass is 79.9. The summed E-state index contributed by atoms with van der Waals surface area (Å²) in [5, 5.41) is 11.8. The molecule has 0 aliphatic carbocycles. The Morgan fingerprint density at radius 2 is 2.20 bits per heavy atom. The summed E-state index contributed by atoms with van der Waals surface area (Å²) >= 11 is 3.40. The van der Waals surface area contributed by atoms with Gasteiger partial charge in [-0.3, -0.25) is 9.59 Å². The van der Waals surface area contributed by atoms with Crippen molar-refractivity contribution in [1.29, 1.82) is 0 Å². The fraction of sp³-hybridized carbons (Fsp3) is 0.231. The Hall–Kier alpha value is -1.86. The molecular formula is C13H14BrN3O3. The van der Waals surface area contributed by atoms with Gasteiger partial charge in [-0.25, -0.2) is 0 Å². The van der Waals surface area contributed by atoms with Crippen LogP contribution < -0.4 is 11.1 Å². The van der Waals surface area contributed by atoms with Gasteiger partial charge >= 0.3 is 5.97 Å². The van der Waals surface area contributed by atoms with E-state index in [2.05, 4.69) is 26.2 Å². The van der Waals surface area contributed by atoms with Crippen molar-refractivity contribution < 1.29 is 14.7 Å². The van der Waals surface area contributed by atoms with Gasteiger partial charge in [-0.1, -0.05) is 15.9 Å². The molecule has 1 aromatic carbocycles. The average Bonchev–Trinajstić information content (AvgIpc) is 2.78. The van der Waals surface area contributed by atoms with E-state index in [0.717, 1.165) is 20.9 Å². The fourth-order valence-corrected chi connectivity index (χ4v) is 2.30. The predicted molar refractivity (Wildman–Crippen MR) is 78.3 cm³/mol. The third-order valence-electron chi connectivity index (χ3n) is 2.92. The molecule has 1 amide bonds. The molecule has 0 unspecified atom stereocenters. The summed E-state index contributed by atoms with van der Waals surface area (Å²) < 4.78 is 0.940. The second kappa shape index (κ2) is 6.06. The molecule has 0 bridgehead atoms. The summed E-state index contributed by atoms with van der Waals surface area (Å²) in [7, 11) is 0. The fourth-order valence-electron chi connectivity index (χ4n) is 1.94. The minimum atomic E-state index is -1.10. The number of carboxylic acids is 1. The van der Waals surface area contributed by atoms with Gasteiger partial charge in [0.2, 0.25) is 5.91 Å². The van der Waals surface area contributed by atoms with Gasteiger partial charge in [-0.2, -0.15) is 0 Å². The monoisotopic (exact) mass is 339 g/mol. The van der Waals surface area contributed by atoms with E-state index in [0.29, 0.717) is 6.42 Å². The molecule has 0 fully saturated rings. The number of rotatable bonds is 5. The number of benzene rings is 1. The Bertz CT molecular complexity index is 653. The first-order valence-electron chi connectivity index (χ1n) is 5.98. The van der Waals surface area contributed by atoms with Crippen molar-refractivity contribution >= 4 is 38.7 Å². The van der Waals surface area contributed by atoms with Gasteiger partial charge in [0.05, 0.1) is 6.04 Å². The average molecular weight is 340 g/mol. The van der Waals surface area contributed by atoms with Gasteiger partial charge in [0.15, 0.2) is 0 Å². The van der Waals surface area contributed by atoms with Gasteiger partial charge in [-0.15, -0.1) is 0 Å². The normalized spacial score (nSPS) is 12.3. The molecule has 20 heavy (non-hydrogen) atoms. The van der Waals surface area contributed by atoms with E-state index < -0.39 is 24.5 Å². The first kappa shape index (κ1) is 14.5. The van der Waals surface area contributed by atoms with Gasteiger partial charge in [-0.05, 0) is 30.2 Å². The van der Waals surface area contributed by atoms with Crippen molar-refractivity contribution in [3.8, 4) is 0 Å². The van der Waals surface area contributed by atoms with Crippen molar-refractivity contribution in [2.24, 2.45) is 5.73 Å². The number of carbonyl (C=O) groups is 2. The molecule has 5 N–H and O–H groups in total. The smallest absolute Gasteiger partial charge is 0.322 e. The van der Waals surface area contributed by atoms with Gasteiger partial charge in [0.25, 0.3) is 0 Å². The van der Waals surface area contributed by atoms with Crippen LogP contribution in [0.1, 0.15) is 5.56 Å². The molecule has 7 heteroatoms. The first-order chi connectivity index (χ1) is 9.47. The van der Waals surface area contributed by atoms with Crippen molar-refractivity contribution in [2.75, 3.05) is 6.54 Å². The van der Waals surface area contributed by atoms with Gasteiger partial charge < -0.3 is 21.1 Å². The van der Waals surface area contributed by atoms with Crippen LogP contribution >= 0.6 is 15.9 Å². The zero-order valence-electron chi connectivity index (χ0n) is 10.5. The van der Waals surface area contributed by atoms with Crippen LogP contribution in [0.3, 0.4) is 0 Å². The van der Waals surface area contributed by atoms with E-state index in [1.807, 2.05) is 18.2 Å². The highest BCUT2D eigenvalue weighted by molar-refractivity contribution is 9.10. The van der Waals surface area contributed by atoms with Gasteiger partial charge in [0.1, 0.15) is 6.54 Å². The molecule has 0 saturated carbocycles. The summed E-state index contributed by atoms with van der Waals surface area (Å²) in [6.45, 7) is -0.425. The second-order valence-electron chi connectivity index (χ2n) is 4.43. The van der Waals surface area contributed by atoms with Crippen LogP contribution in [0.5, 0.6) is 0 Å². The topological polar surface area (TPSA) is 108 Å². The largest absolute Gasteiger partial charge is 0.480 e. The summed E-state index contributed by atoms with van der Waals surface area (Å²) in [6.07, 6.45) is 2.14. The molecule has 0 radical (unpaired) electrons. The van der Waals surface area contributed by atoms with Crippen LogP contribution in [0, 0.1) is 0 Å². The molecule has 1 heterocycles. The number of fused-ring (bicyclic) bond motifs is 1. The Labute approximate surface area is 123 Å². The number of carboxylic acid groups (broad SMARTS) is 1. The number of aromatic nitrogens is 1. The van der Waals surface area contributed by atoms with Crippen molar-refractivity contribution in [2.45, 2.75) is 12.5 Å². The van der Waals surface area contributed by atoms with E-state index >= 15 is 0 Å². The zero-order chi connectivity index (χ0) is 14.7. The van der Waals surface area contributed by atoms with E-state index in [1.165, 1.54) is 0 Å². The number of H-pyrrole nitrogens is 1. The minimum absolute atomic E-state index is 0.335.